The summed E-state index contributed by atoms with van der Waals surface area (Å²) in [6.07, 6.45) is 13.2. The Bertz CT molecular complexity index is 192. The Morgan fingerprint density at radius 3 is 1.35 bits per heavy atom. The number of allylic oxidation sites excluding steroid dienone is 6. The summed E-state index contributed by atoms with van der Waals surface area (Å²) in [6.45, 7) is 14.0. The van der Waals surface area contributed by atoms with Crippen LogP contribution < -0.4 is 0 Å². The first-order chi connectivity index (χ1) is 7.74. The molecule has 0 bridgehead atoms. The second-order valence-electron chi connectivity index (χ2n) is 2.36. The molecule has 0 aromatic heterocycles. The Labute approximate surface area is 137 Å². The molecule has 0 heterocycles. The van der Waals surface area contributed by atoms with E-state index in [0.29, 0.717) is 0 Å². The Kier molecular flexibility index (Phi) is 55.2. The molecule has 0 aliphatic rings. The molecule has 0 saturated heterocycles. The van der Waals surface area contributed by atoms with Crippen LogP contribution in [-0.4, -0.2) is 9.46 Å². The van der Waals surface area contributed by atoms with Crippen molar-refractivity contribution in [3.05, 3.63) is 49.6 Å². The summed E-state index contributed by atoms with van der Waals surface area (Å²) < 4.78 is 3.68. The van der Waals surface area contributed by atoms with Gasteiger partial charge in [-0.25, -0.2) is 12.2 Å². The fraction of sp³-hybridized carbons (Fsp3) is 0.286. The van der Waals surface area contributed by atoms with Crippen LogP contribution in [0.1, 0.15) is 26.7 Å². The zero-order chi connectivity index (χ0) is 13.1. The monoisotopic (exact) mass is 341 g/mol. The molecule has 0 spiro atoms. The van der Waals surface area contributed by atoms with Crippen LogP contribution >= 0.6 is 0 Å². The normalized spacial score (nSPS) is 7.76. The van der Waals surface area contributed by atoms with Crippen LogP contribution in [0.15, 0.2) is 36.5 Å². The topological polar surface area (TPSA) is 0 Å². The van der Waals surface area contributed by atoms with E-state index < -0.39 is 0 Å². The van der Waals surface area contributed by atoms with Crippen LogP contribution in [0.2, 0.25) is 0 Å². The van der Waals surface area contributed by atoms with Gasteiger partial charge < -0.3 is 0 Å². The van der Waals surface area contributed by atoms with Crippen molar-refractivity contribution in [3.63, 3.8) is 0 Å². The van der Waals surface area contributed by atoms with E-state index in [2.05, 4.69) is 53.9 Å². The van der Waals surface area contributed by atoms with Crippen molar-refractivity contribution in [2.24, 2.45) is 0 Å². The van der Waals surface area contributed by atoms with E-state index in [1.165, 1.54) is 12.2 Å². The van der Waals surface area contributed by atoms with Gasteiger partial charge in [0.1, 0.15) is 0 Å². The summed E-state index contributed by atoms with van der Waals surface area (Å²) in [5.41, 5.74) is 0. The predicted molar refractivity (Wildman–Crippen MR) is 68.7 cm³/mol. The largest absolute Gasteiger partial charge is 0 e. The first-order valence-corrected chi connectivity index (χ1v) is 6.69. The third-order valence-electron chi connectivity index (χ3n) is 1.03. The van der Waals surface area contributed by atoms with E-state index in [1.54, 1.807) is 4.73 Å². The molecule has 0 saturated carbocycles. The minimum absolute atomic E-state index is 0. The van der Waals surface area contributed by atoms with E-state index in [-0.39, 0.29) is 18.6 Å². The molecule has 0 aliphatic heterocycles. The van der Waals surface area contributed by atoms with Crippen molar-refractivity contribution in [1.29, 1.82) is 0 Å². The smallest absolute Gasteiger partial charge is 0 e. The van der Waals surface area contributed by atoms with Crippen LogP contribution in [0.3, 0.4) is 0 Å². The van der Waals surface area contributed by atoms with Gasteiger partial charge in [0.25, 0.3) is 0 Å². The second-order valence-corrected chi connectivity index (χ2v) is 3.29. The molecule has 0 unspecified atom stereocenters. The van der Waals surface area contributed by atoms with Gasteiger partial charge in [-0.1, -0.05) is 13.3 Å². The third-order valence-corrected chi connectivity index (χ3v) is 1.56. The fourth-order valence-corrected chi connectivity index (χ4v) is 0.602. The molecule has 17 heavy (non-hydrogen) atoms. The maximum atomic E-state index is 5.00. The van der Waals surface area contributed by atoms with E-state index >= 15 is 0 Å². The molecule has 0 rings (SSSR count). The zero-order valence-corrected chi connectivity index (χ0v) is 14.7. The molecule has 0 aliphatic carbocycles. The minimum Gasteiger partial charge on any atom is 0 e. The van der Waals surface area contributed by atoms with Crippen molar-refractivity contribution in [2.45, 2.75) is 26.7 Å². The van der Waals surface area contributed by atoms with E-state index in [9.17, 15) is 0 Å². The van der Waals surface area contributed by atoms with Crippen LogP contribution in [0.5, 0.6) is 0 Å². The average Bonchev–Trinajstić information content (AvgIpc) is 2.34. The first-order valence-electron chi connectivity index (χ1n) is 5.08. The predicted octanol–water partition coefficient (Wildman–Crippen LogP) is 3.57. The Morgan fingerprint density at radius 2 is 1.24 bits per heavy atom. The summed E-state index contributed by atoms with van der Waals surface area (Å²) >= 11 is 4.62. The Balaban J connectivity index is -0.0000000741. The van der Waals surface area contributed by atoms with Gasteiger partial charge in [-0.15, -0.1) is 0 Å². The molecule has 0 aromatic rings. The maximum absolute atomic E-state index is 5.00. The molecule has 0 nitrogen and oxygen atoms in total. The summed E-state index contributed by atoms with van der Waals surface area (Å²) in [6, 6.07) is 0. The summed E-state index contributed by atoms with van der Waals surface area (Å²) in [5, 5.41) is 0. The molecule has 93 valence electrons. The van der Waals surface area contributed by atoms with Gasteiger partial charge in [0.15, 0.2) is 0 Å². The summed E-state index contributed by atoms with van der Waals surface area (Å²) in [7, 11) is 0. The first kappa shape index (κ1) is 26.1. The van der Waals surface area contributed by atoms with Crippen molar-refractivity contribution in [2.75, 3.05) is 0 Å². The van der Waals surface area contributed by atoms with E-state index in [1.807, 2.05) is 23.0 Å². The molecule has 0 N–H and O–H groups in total. The van der Waals surface area contributed by atoms with Gasteiger partial charge >= 0.3 is 81.6 Å². The quantitative estimate of drug-likeness (QED) is 0.530. The maximum Gasteiger partial charge on any atom is 0 e. The molecule has 1 radical (unpaired) electrons. The molecule has 0 atom stereocenters. The Morgan fingerprint density at radius 1 is 0.824 bits per heavy atom. The minimum atomic E-state index is 0. The van der Waals surface area contributed by atoms with Crippen molar-refractivity contribution < 1.29 is 52.5 Å². The van der Waals surface area contributed by atoms with E-state index in [4.69, 9.17) is 13.2 Å². The van der Waals surface area contributed by atoms with Crippen LogP contribution in [0.4, 0.5) is 0 Å². The van der Waals surface area contributed by atoms with Crippen LogP contribution in [0.25, 0.3) is 0 Å². The molecule has 3 heteroatoms. The molecule has 0 aromatic carbocycles. The average molecular weight is 341 g/mol. The van der Waals surface area contributed by atoms with Crippen molar-refractivity contribution >= 4 is 9.46 Å². The van der Waals surface area contributed by atoms with Gasteiger partial charge in [0, 0.05) is 18.6 Å². The van der Waals surface area contributed by atoms with Crippen molar-refractivity contribution in [1.82, 2.24) is 0 Å². The SMILES string of the molecule is CC/C=C/[CH]=[V].[CH-]=CC=CCC.[CH-]=C[CH]=[V].[V]. The number of hydrogen-bond donors (Lipinski definition) is 0. The van der Waals surface area contributed by atoms with Gasteiger partial charge in [-0.2, -0.15) is 6.08 Å². The van der Waals surface area contributed by atoms with Gasteiger partial charge in [-0.3, -0.25) is 6.58 Å². The standard InChI is InChI=1S/C6H9.C5H8.C3H3.3V/c1-3-5-6-4-2;1-3-5-4-2;1-3-2;;;/h1,3,5-6H,4H2,2H3;1,3,5H,4H2,2H3;1-3H;;;/q-1;;-1;;;/b;5-3+;;;;. The van der Waals surface area contributed by atoms with Crippen LogP contribution in [0, 0.1) is 13.2 Å². The number of rotatable bonds is 5. The van der Waals surface area contributed by atoms with Gasteiger partial charge in [-0.05, 0) is 0 Å². The summed E-state index contributed by atoms with van der Waals surface area (Å²) in [5.74, 6) is 0. The van der Waals surface area contributed by atoms with Gasteiger partial charge in [0.05, 0.1) is 0 Å². The molecule has 0 fully saturated rings. The molecular formula is C14H20V3-2. The number of hydrogen-bond acceptors (Lipinski definition) is 0. The fourth-order valence-electron chi connectivity index (χ4n) is 0.412. The van der Waals surface area contributed by atoms with E-state index in [0.717, 1.165) is 12.8 Å². The van der Waals surface area contributed by atoms with Crippen molar-refractivity contribution in [3.8, 4) is 0 Å². The summed E-state index contributed by atoms with van der Waals surface area (Å²) in [4.78, 5) is 0. The molecule has 0 amide bonds. The molecular weight excluding hydrogens is 321 g/mol. The zero-order valence-electron chi connectivity index (χ0n) is 10.5. The second kappa shape index (κ2) is 36.0. The van der Waals surface area contributed by atoms with Gasteiger partial charge in [0.2, 0.25) is 0 Å². The van der Waals surface area contributed by atoms with Crippen LogP contribution in [-0.2, 0) is 52.5 Å². The Hall–Kier alpha value is 0.453. The third kappa shape index (κ3) is 61.9.